The summed E-state index contributed by atoms with van der Waals surface area (Å²) >= 11 is 0. The van der Waals surface area contributed by atoms with Crippen molar-refractivity contribution >= 4 is 17.1 Å². The van der Waals surface area contributed by atoms with Crippen LogP contribution in [-0.2, 0) is 0 Å². The number of nitrogens with zero attached hydrogens (tertiary/aromatic N) is 3. The number of benzene rings is 1. The maximum Gasteiger partial charge on any atom is 0.163 e. The molecule has 11 heteroatoms. The van der Waals surface area contributed by atoms with E-state index in [-0.39, 0.29) is 0 Å². The van der Waals surface area contributed by atoms with Gasteiger partial charge in [0.15, 0.2) is 17.1 Å². The molecule has 0 atom stereocenters. The molecule has 0 radical (unpaired) electrons. The predicted octanol–water partition coefficient (Wildman–Crippen LogP) is -0.641. The average Bonchev–Trinajstić information content (AvgIpc) is 2.15. The van der Waals surface area contributed by atoms with E-state index < -0.39 is 43.3 Å². The first-order chi connectivity index (χ1) is 7.77. The predicted molar refractivity (Wildman–Crippen MR) is 44.1 cm³/mol. The smallest absolute Gasteiger partial charge is 0.163 e. The van der Waals surface area contributed by atoms with Crippen molar-refractivity contribution in [2.45, 2.75) is 0 Å². The lowest BCUT2D eigenvalue weighted by Crippen LogP contribution is -2.09. The summed E-state index contributed by atoms with van der Waals surface area (Å²) in [4.78, 5) is 26.7. The molecule has 0 aliphatic rings. The van der Waals surface area contributed by atoms with Crippen molar-refractivity contribution in [3.05, 3.63) is 36.4 Å². The highest BCUT2D eigenvalue weighted by molar-refractivity contribution is 5.71. The molecule has 17 heavy (non-hydrogen) atoms. The summed E-state index contributed by atoms with van der Waals surface area (Å²) in [5.74, 6) is -3.62. The van der Waals surface area contributed by atoms with Gasteiger partial charge in [0, 0.05) is 14.8 Å². The van der Waals surface area contributed by atoms with Crippen molar-refractivity contribution < 1.29 is 25.0 Å². The molecule has 0 unspecified atom stereocenters. The Balaban J connectivity index is 3.76. The lowest BCUT2D eigenvalue weighted by Gasteiger charge is -2.22. The third kappa shape index (κ3) is 1.88. The van der Waals surface area contributed by atoms with Crippen LogP contribution in [0.1, 0.15) is 0 Å². The molecule has 11 nitrogen and oxygen atoms in total. The summed E-state index contributed by atoms with van der Waals surface area (Å²) in [6.07, 6.45) is 0. The van der Waals surface area contributed by atoms with Crippen LogP contribution in [0.25, 0.3) is 0 Å². The molecule has 0 spiro atoms. The van der Waals surface area contributed by atoms with Crippen LogP contribution in [0.5, 0.6) is 11.5 Å². The van der Waals surface area contributed by atoms with Gasteiger partial charge in [-0.05, 0) is 6.07 Å². The lowest BCUT2D eigenvalue weighted by molar-refractivity contribution is -0.433. The Kier molecular flexibility index (Phi) is 2.76. The minimum Gasteiger partial charge on any atom is -0.920 e. The molecular weight excluding hydrogens is 242 g/mol. The molecule has 0 saturated heterocycles. The normalized spacial score (nSPS) is 9.88. The number of nitro benzene ring substituents is 3. The Morgan fingerprint density at radius 1 is 0.765 bits per heavy atom. The van der Waals surface area contributed by atoms with Crippen LogP contribution in [-0.4, -0.2) is 14.8 Å². The second-order valence-corrected chi connectivity index (χ2v) is 2.60. The third-order valence-electron chi connectivity index (χ3n) is 1.64. The van der Waals surface area contributed by atoms with Gasteiger partial charge in [-0.15, -0.1) is 0 Å². The van der Waals surface area contributed by atoms with Crippen molar-refractivity contribution in [3.63, 3.8) is 0 Å². The van der Waals surface area contributed by atoms with E-state index in [2.05, 4.69) is 0 Å². The standard InChI is InChI=1S/C6H2N3O8/c10-5-2(7(12)13)1-3(8(14)15)6(11)4(5)9(16)17/h10-11H/q-1/p-2. The number of hydrogen-bond acceptors (Lipinski definition) is 8. The van der Waals surface area contributed by atoms with Crippen LogP contribution in [0.15, 0.2) is 0 Å². The van der Waals surface area contributed by atoms with Crippen molar-refractivity contribution in [1.29, 1.82) is 0 Å². The highest BCUT2D eigenvalue weighted by Gasteiger charge is 2.17. The van der Waals surface area contributed by atoms with Gasteiger partial charge >= 0.3 is 0 Å². The van der Waals surface area contributed by atoms with E-state index in [0.29, 0.717) is 0 Å². The van der Waals surface area contributed by atoms with Gasteiger partial charge in [0.2, 0.25) is 0 Å². The molecule has 90 valence electrons. The highest BCUT2D eigenvalue weighted by Crippen LogP contribution is 2.44. The van der Waals surface area contributed by atoms with Gasteiger partial charge in [-0.25, -0.2) is 0 Å². The van der Waals surface area contributed by atoms with Gasteiger partial charge in [-0.3, -0.25) is 30.3 Å². The van der Waals surface area contributed by atoms with Gasteiger partial charge in [-0.1, -0.05) is 11.5 Å². The van der Waals surface area contributed by atoms with Gasteiger partial charge < -0.3 is 10.2 Å². The molecule has 0 fully saturated rings. The van der Waals surface area contributed by atoms with Crippen molar-refractivity contribution in [3.8, 4) is 11.5 Å². The van der Waals surface area contributed by atoms with Gasteiger partial charge in [0.1, 0.15) is 0 Å². The second kappa shape index (κ2) is 3.88. The first-order valence-corrected chi connectivity index (χ1v) is 3.67. The van der Waals surface area contributed by atoms with E-state index in [1.54, 1.807) is 0 Å². The zero-order chi connectivity index (χ0) is 13.3. The van der Waals surface area contributed by atoms with Crippen LogP contribution < -0.4 is 10.2 Å². The van der Waals surface area contributed by atoms with Gasteiger partial charge in [-0.2, -0.15) is 0 Å². The molecule has 0 bridgehead atoms. The van der Waals surface area contributed by atoms with Crippen molar-refractivity contribution in [1.82, 2.24) is 0 Å². The molecule has 0 amide bonds. The molecule has 1 aromatic carbocycles. The van der Waals surface area contributed by atoms with Crippen LogP contribution in [0, 0.1) is 36.4 Å². The minimum absolute atomic E-state index is 1.35. The Morgan fingerprint density at radius 3 is 1.35 bits per heavy atom. The summed E-state index contributed by atoms with van der Waals surface area (Å²) in [6, 6.07) is 1.35. The zero-order valence-electron chi connectivity index (χ0n) is 7.61. The summed E-state index contributed by atoms with van der Waals surface area (Å²) in [5.41, 5.74) is -4.76. The molecular formula is C6N3O8-3. The fourth-order valence-electron chi connectivity index (χ4n) is 0.976. The number of rotatable bonds is 3. The van der Waals surface area contributed by atoms with E-state index in [4.69, 9.17) is 0 Å². The summed E-state index contributed by atoms with van der Waals surface area (Å²) < 4.78 is 0. The fourth-order valence-corrected chi connectivity index (χ4v) is 0.976. The fraction of sp³-hybridized carbons (Fsp3) is 0. The van der Waals surface area contributed by atoms with E-state index in [1.807, 2.05) is 0 Å². The van der Waals surface area contributed by atoms with E-state index in [0.717, 1.165) is 0 Å². The maximum absolute atomic E-state index is 11.1. The summed E-state index contributed by atoms with van der Waals surface area (Å²) in [7, 11) is 0. The van der Waals surface area contributed by atoms with E-state index in [9.17, 15) is 40.6 Å². The summed E-state index contributed by atoms with van der Waals surface area (Å²) in [6.45, 7) is 0. The van der Waals surface area contributed by atoms with E-state index >= 15 is 0 Å². The highest BCUT2D eigenvalue weighted by atomic mass is 16.6. The Hall–Kier alpha value is -2.98. The number of nitro groups is 3. The van der Waals surface area contributed by atoms with Crippen molar-refractivity contribution in [2.24, 2.45) is 0 Å². The zero-order valence-corrected chi connectivity index (χ0v) is 7.61. The summed E-state index contributed by atoms with van der Waals surface area (Å²) in [5, 5.41) is 53.2. The van der Waals surface area contributed by atoms with Crippen LogP contribution in [0.4, 0.5) is 17.1 Å². The molecule has 0 aromatic heterocycles. The monoisotopic (exact) mass is 242 g/mol. The van der Waals surface area contributed by atoms with Crippen molar-refractivity contribution in [2.75, 3.05) is 0 Å². The SMILES string of the molecule is O=[N+]([O-])c1[c-]c([N+](=O)[O-])c([O-])c([N+](=O)[O-])c1[O-]. The van der Waals surface area contributed by atoms with Crippen LogP contribution in [0.2, 0.25) is 0 Å². The van der Waals surface area contributed by atoms with Crippen LogP contribution >= 0.6 is 0 Å². The van der Waals surface area contributed by atoms with Gasteiger partial charge in [0.25, 0.3) is 0 Å². The Bertz CT molecular complexity index is 500. The quantitative estimate of drug-likeness (QED) is 0.381. The molecule has 0 N–H and O–H groups in total. The first-order valence-electron chi connectivity index (χ1n) is 3.67. The van der Waals surface area contributed by atoms with Gasteiger partial charge in [0.05, 0.1) is 0 Å². The molecule has 0 heterocycles. The van der Waals surface area contributed by atoms with E-state index in [1.165, 1.54) is 6.07 Å². The first kappa shape index (κ1) is 12.1. The molecule has 1 aromatic rings. The second-order valence-electron chi connectivity index (χ2n) is 2.60. The Morgan fingerprint density at radius 2 is 1.12 bits per heavy atom. The minimum atomic E-state index is -1.81. The number of hydrogen-bond donors (Lipinski definition) is 0. The largest absolute Gasteiger partial charge is 0.920 e. The third-order valence-corrected chi connectivity index (χ3v) is 1.64. The average molecular weight is 242 g/mol. The molecule has 0 saturated carbocycles. The van der Waals surface area contributed by atoms with Crippen LogP contribution in [0.3, 0.4) is 0 Å². The maximum atomic E-state index is 11.1. The molecule has 0 aliphatic carbocycles. The molecule has 1 rings (SSSR count). The topological polar surface area (TPSA) is 176 Å². The molecule has 0 aliphatic heterocycles. The Labute approximate surface area is 91.0 Å². The lowest BCUT2D eigenvalue weighted by atomic mass is 10.2.